The molecule has 0 aliphatic carbocycles. The summed E-state index contributed by atoms with van der Waals surface area (Å²) in [6.45, 7) is 4.11. The summed E-state index contributed by atoms with van der Waals surface area (Å²) in [7, 11) is 3.94. The second-order valence-corrected chi connectivity index (χ2v) is 6.55. The molecule has 0 fully saturated rings. The Bertz CT molecular complexity index is 934. The van der Waals surface area contributed by atoms with E-state index in [9.17, 15) is 4.79 Å². The van der Waals surface area contributed by atoms with Crippen molar-refractivity contribution in [1.29, 1.82) is 0 Å². The molecule has 3 aromatic rings. The van der Waals surface area contributed by atoms with Crippen LogP contribution in [-0.4, -0.2) is 30.0 Å². The molecule has 0 atom stereocenters. The number of amides is 1. The van der Waals surface area contributed by atoms with Gasteiger partial charge in [0, 0.05) is 31.2 Å². The number of aromatic nitrogens is 2. The Morgan fingerprint density at radius 3 is 2.33 bits per heavy atom. The van der Waals surface area contributed by atoms with Gasteiger partial charge in [-0.25, -0.2) is 9.97 Å². The van der Waals surface area contributed by atoms with Crippen LogP contribution in [0.2, 0.25) is 0 Å². The van der Waals surface area contributed by atoms with Gasteiger partial charge in [-0.15, -0.1) is 0 Å². The monoisotopic (exact) mass is 361 g/mol. The molecule has 138 valence electrons. The number of benzene rings is 2. The summed E-state index contributed by atoms with van der Waals surface area (Å²) in [6.07, 6.45) is 3.03. The predicted octanol–water partition coefficient (Wildman–Crippen LogP) is 4.16. The molecule has 3 rings (SSSR count). The Hall–Kier alpha value is -3.41. The second-order valence-electron chi connectivity index (χ2n) is 6.55. The van der Waals surface area contributed by atoms with Crippen LogP contribution in [-0.2, 0) is 0 Å². The molecule has 1 aromatic heterocycles. The maximum absolute atomic E-state index is 12.4. The van der Waals surface area contributed by atoms with E-state index in [-0.39, 0.29) is 11.6 Å². The first-order valence-corrected chi connectivity index (χ1v) is 8.68. The fourth-order valence-electron chi connectivity index (χ4n) is 2.57. The lowest BCUT2D eigenvalue weighted by atomic mass is 10.1. The van der Waals surface area contributed by atoms with Crippen molar-refractivity contribution < 1.29 is 4.79 Å². The number of rotatable bonds is 5. The van der Waals surface area contributed by atoms with Crippen LogP contribution in [0.25, 0.3) is 0 Å². The van der Waals surface area contributed by atoms with Gasteiger partial charge in [-0.05, 0) is 55.3 Å². The molecule has 0 aliphatic rings. The van der Waals surface area contributed by atoms with E-state index in [1.807, 2.05) is 55.4 Å². The third-order valence-corrected chi connectivity index (χ3v) is 4.39. The van der Waals surface area contributed by atoms with E-state index in [1.54, 1.807) is 6.20 Å². The lowest BCUT2D eigenvalue weighted by Gasteiger charge is -2.13. The number of hydrogen-bond donors (Lipinski definition) is 2. The zero-order chi connectivity index (χ0) is 19.4. The Labute approximate surface area is 159 Å². The molecule has 6 nitrogen and oxygen atoms in total. The molecule has 6 heteroatoms. The maximum Gasteiger partial charge on any atom is 0.275 e. The van der Waals surface area contributed by atoms with Crippen molar-refractivity contribution in [3.63, 3.8) is 0 Å². The minimum Gasteiger partial charge on any atom is -0.378 e. The minimum atomic E-state index is -0.293. The molecule has 2 aromatic carbocycles. The summed E-state index contributed by atoms with van der Waals surface area (Å²) < 4.78 is 0. The largest absolute Gasteiger partial charge is 0.378 e. The first-order valence-electron chi connectivity index (χ1n) is 8.68. The van der Waals surface area contributed by atoms with Crippen LogP contribution < -0.4 is 15.5 Å². The molecule has 1 heterocycles. The van der Waals surface area contributed by atoms with Gasteiger partial charge < -0.3 is 15.5 Å². The van der Waals surface area contributed by atoms with Crippen LogP contribution in [0.15, 0.2) is 54.9 Å². The van der Waals surface area contributed by atoms with Gasteiger partial charge in [0.2, 0.25) is 0 Å². The summed E-state index contributed by atoms with van der Waals surface area (Å²) in [5.41, 5.74) is 5.37. The average molecular weight is 361 g/mol. The molecule has 0 spiro atoms. The molecule has 0 saturated carbocycles. The van der Waals surface area contributed by atoms with Gasteiger partial charge in [0.05, 0.1) is 12.4 Å². The van der Waals surface area contributed by atoms with E-state index < -0.39 is 0 Å². The lowest BCUT2D eigenvalue weighted by Crippen LogP contribution is -2.14. The first kappa shape index (κ1) is 18.4. The summed E-state index contributed by atoms with van der Waals surface area (Å²) in [5, 5.41) is 6.07. The van der Waals surface area contributed by atoms with Crippen LogP contribution >= 0.6 is 0 Å². The zero-order valence-electron chi connectivity index (χ0n) is 15.9. The fourth-order valence-corrected chi connectivity index (χ4v) is 2.57. The smallest absolute Gasteiger partial charge is 0.275 e. The number of anilines is 4. The van der Waals surface area contributed by atoms with Crippen molar-refractivity contribution >= 4 is 28.8 Å². The van der Waals surface area contributed by atoms with E-state index in [0.29, 0.717) is 11.5 Å². The molecule has 0 bridgehead atoms. The van der Waals surface area contributed by atoms with Crippen LogP contribution in [0.3, 0.4) is 0 Å². The topological polar surface area (TPSA) is 70.2 Å². The van der Waals surface area contributed by atoms with Gasteiger partial charge in [-0.1, -0.05) is 12.1 Å². The van der Waals surface area contributed by atoms with Crippen molar-refractivity contribution in [3.05, 3.63) is 71.7 Å². The highest BCUT2D eigenvalue weighted by Gasteiger charge is 2.09. The van der Waals surface area contributed by atoms with Crippen molar-refractivity contribution in [2.75, 3.05) is 29.6 Å². The molecule has 0 radical (unpaired) electrons. The Balaban J connectivity index is 1.67. The van der Waals surface area contributed by atoms with E-state index in [4.69, 9.17) is 0 Å². The first-order chi connectivity index (χ1) is 12.9. The van der Waals surface area contributed by atoms with E-state index >= 15 is 0 Å². The summed E-state index contributed by atoms with van der Waals surface area (Å²) in [5.74, 6) is 0.300. The normalized spacial score (nSPS) is 10.4. The Kier molecular flexibility index (Phi) is 5.35. The number of carbonyl (C=O) groups is 1. The van der Waals surface area contributed by atoms with Crippen molar-refractivity contribution in [2.45, 2.75) is 13.8 Å². The van der Waals surface area contributed by atoms with Gasteiger partial charge in [-0.2, -0.15) is 0 Å². The molecule has 0 aliphatic heterocycles. The highest BCUT2D eigenvalue weighted by Crippen LogP contribution is 2.21. The fraction of sp³-hybridized carbons (Fsp3) is 0.190. The van der Waals surface area contributed by atoms with Gasteiger partial charge in [-0.3, -0.25) is 4.79 Å². The van der Waals surface area contributed by atoms with E-state index in [2.05, 4.69) is 40.5 Å². The number of hydrogen-bond acceptors (Lipinski definition) is 5. The highest BCUT2D eigenvalue weighted by molar-refractivity contribution is 6.02. The predicted molar refractivity (Wildman–Crippen MR) is 110 cm³/mol. The number of carbonyl (C=O) groups excluding carboxylic acids is 1. The standard InChI is InChI=1S/C21H23N5O/c1-14-6-5-7-18(15(14)2)25-20-13-22-19(12-23-20)21(27)24-16-8-10-17(11-9-16)26(3)4/h5-13H,1-4H3,(H,23,25)(H,24,27). The van der Waals surface area contributed by atoms with E-state index in [0.717, 1.165) is 16.9 Å². The average Bonchev–Trinajstić information content (AvgIpc) is 2.66. The molecule has 27 heavy (non-hydrogen) atoms. The SMILES string of the molecule is Cc1cccc(Nc2cnc(C(=O)Nc3ccc(N(C)C)cc3)cn2)c1C. The van der Waals surface area contributed by atoms with Crippen LogP contribution in [0.1, 0.15) is 21.6 Å². The van der Waals surface area contributed by atoms with Gasteiger partial charge in [0.15, 0.2) is 0 Å². The number of aryl methyl sites for hydroxylation is 1. The molecule has 1 amide bonds. The summed E-state index contributed by atoms with van der Waals surface area (Å²) >= 11 is 0. The van der Waals surface area contributed by atoms with Gasteiger partial charge in [0.25, 0.3) is 5.91 Å². The minimum absolute atomic E-state index is 0.262. The molecule has 0 saturated heterocycles. The van der Waals surface area contributed by atoms with Crippen molar-refractivity contribution in [3.8, 4) is 0 Å². The second kappa shape index (κ2) is 7.86. The quantitative estimate of drug-likeness (QED) is 0.714. The van der Waals surface area contributed by atoms with Crippen LogP contribution in [0.4, 0.5) is 22.9 Å². The molecule has 0 unspecified atom stereocenters. The number of nitrogens with zero attached hydrogens (tertiary/aromatic N) is 3. The van der Waals surface area contributed by atoms with Gasteiger partial charge >= 0.3 is 0 Å². The highest BCUT2D eigenvalue weighted by atomic mass is 16.1. The van der Waals surface area contributed by atoms with Crippen molar-refractivity contribution in [1.82, 2.24) is 9.97 Å². The lowest BCUT2D eigenvalue weighted by molar-refractivity contribution is 0.102. The molecule has 2 N–H and O–H groups in total. The zero-order valence-corrected chi connectivity index (χ0v) is 15.9. The van der Waals surface area contributed by atoms with Crippen LogP contribution in [0.5, 0.6) is 0 Å². The number of nitrogens with one attached hydrogen (secondary N) is 2. The Morgan fingerprint density at radius 1 is 0.963 bits per heavy atom. The van der Waals surface area contributed by atoms with E-state index in [1.165, 1.54) is 11.8 Å². The van der Waals surface area contributed by atoms with Gasteiger partial charge in [0.1, 0.15) is 11.5 Å². The maximum atomic E-state index is 12.4. The molecular formula is C21H23N5O. The molecular weight excluding hydrogens is 338 g/mol. The third-order valence-electron chi connectivity index (χ3n) is 4.39. The summed E-state index contributed by atoms with van der Waals surface area (Å²) in [6, 6.07) is 13.6. The van der Waals surface area contributed by atoms with Crippen LogP contribution in [0, 0.1) is 13.8 Å². The Morgan fingerprint density at radius 2 is 1.70 bits per heavy atom. The third kappa shape index (κ3) is 4.41. The summed E-state index contributed by atoms with van der Waals surface area (Å²) in [4.78, 5) is 22.9. The van der Waals surface area contributed by atoms with Crippen molar-refractivity contribution in [2.24, 2.45) is 0 Å².